The SMILES string of the molecule is CC1C(C(=O)O)=C(Cl)C=C(c2ccc(F)cc2)C1(CO)C(=O)O. The largest absolute Gasteiger partial charge is 0.480 e. The Bertz CT molecular complexity index is 722. The Morgan fingerprint density at radius 3 is 2.26 bits per heavy atom. The number of hydrogen-bond acceptors (Lipinski definition) is 3. The van der Waals surface area contributed by atoms with Crippen molar-refractivity contribution in [3.8, 4) is 0 Å². The monoisotopic (exact) mass is 340 g/mol. The van der Waals surface area contributed by atoms with Crippen molar-refractivity contribution < 1.29 is 29.3 Å². The minimum atomic E-state index is -1.88. The summed E-state index contributed by atoms with van der Waals surface area (Å²) in [6.45, 7) is 0.556. The molecule has 5 nitrogen and oxygen atoms in total. The van der Waals surface area contributed by atoms with Gasteiger partial charge in [0.05, 0.1) is 17.2 Å². The summed E-state index contributed by atoms with van der Waals surface area (Å²) in [5, 5.41) is 28.7. The number of carbonyl (C=O) groups is 2. The minimum Gasteiger partial charge on any atom is -0.480 e. The predicted octanol–water partition coefficient (Wildman–Crippen LogP) is 2.50. The first-order chi connectivity index (χ1) is 10.8. The molecule has 0 bridgehead atoms. The molecule has 0 aromatic heterocycles. The number of carboxylic acid groups (broad SMARTS) is 2. The Morgan fingerprint density at radius 2 is 1.83 bits per heavy atom. The molecule has 2 atom stereocenters. The van der Waals surface area contributed by atoms with Crippen LogP contribution in [-0.2, 0) is 9.59 Å². The maximum absolute atomic E-state index is 13.1. The van der Waals surface area contributed by atoms with E-state index in [9.17, 15) is 29.3 Å². The molecule has 122 valence electrons. The van der Waals surface area contributed by atoms with E-state index in [2.05, 4.69) is 0 Å². The van der Waals surface area contributed by atoms with Gasteiger partial charge in [0.15, 0.2) is 0 Å². The fraction of sp³-hybridized carbons (Fsp3) is 0.250. The van der Waals surface area contributed by atoms with Gasteiger partial charge in [0, 0.05) is 5.92 Å². The Kier molecular flexibility index (Phi) is 4.58. The summed E-state index contributed by atoms with van der Waals surface area (Å²) in [6.07, 6.45) is 1.21. The van der Waals surface area contributed by atoms with E-state index < -0.39 is 35.7 Å². The topological polar surface area (TPSA) is 94.8 Å². The van der Waals surface area contributed by atoms with E-state index in [4.69, 9.17) is 11.6 Å². The number of allylic oxidation sites excluding steroid dienone is 2. The zero-order valence-electron chi connectivity index (χ0n) is 12.1. The molecular weight excluding hydrogens is 327 g/mol. The van der Waals surface area contributed by atoms with Crippen molar-refractivity contribution in [1.29, 1.82) is 0 Å². The average molecular weight is 341 g/mol. The number of benzene rings is 1. The van der Waals surface area contributed by atoms with E-state index in [1.165, 1.54) is 25.1 Å². The van der Waals surface area contributed by atoms with Gasteiger partial charge in [0.2, 0.25) is 0 Å². The highest BCUT2D eigenvalue weighted by Gasteiger charge is 2.52. The molecule has 3 N–H and O–H groups in total. The minimum absolute atomic E-state index is 0.116. The van der Waals surface area contributed by atoms with Gasteiger partial charge in [-0.05, 0) is 29.3 Å². The zero-order valence-corrected chi connectivity index (χ0v) is 12.8. The molecular formula is C16H14ClFO5. The maximum Gasteiger partial charge on any atom is 0.333 e. The van der Waals surface area contributed by atoms with Crippen molar-refractivity contribution in [3.05, 3.63) is 52.3 Å². The van der Waals surface area contributed by atoms with Crippen molar-refractivity contribution in [2.24, 2.45) is 11.3 Å². The van der Waals surface area contributed by atoms with E-state index in [0.717, 1.165) is 12.1 Å². The van der Waals surface area contributed by atoms with Crippen LogP contribution in [0.15, 0.2) is 40.9 Å². The van der Waals surface area contributed by atoms with Gasteiger partial charge < -0.3 is 15.3 Å². The normalized spacial score (nSPS) is 24.3. The molecule has 0 aliphatic heterocycles. The summed E-state index contributed by atoms with van der Waals surface area (Å²) < 4.78 is 13.1. The van der Waals surface area contributed by atoms with Crippen molar-refractivity contribution in [2.75, 3.05) is 6.61 Å². The van der Waals surface area contributed by atoms with Gasteiger partial charge in [-0.25, -0.2) is 9.18 Å². The van der Waals surface area contributed by atoms with E-state index in [1.807, 2.05) is 0 Å². The number of aliphatic carboxylic acids is 2. The quantitative estimate of drug-likeness (QED) is 0.782. The van der Waals surface area contributed by atoms with Crippen LogP contribution in [0.3, 0.4) is 0 Å². The molecule has 1 aliphatic carbocycles. The van der Waals surface area contributed by atoms with Crippen LogP contribution in [-0.4, -0.2) is 33.9 Å². The van der Waals surface area contributed by atoms with Crippen molar-refractivity contribution in [2.45, 2.75) is 6.92 Å². The zero-order chi connectivity index (χ0) is 17.4. The number of aliphatic hydroxyl groups excluding tert-OH is 1. The van der Waals surface area contributed by atoms with Crippen molar-refractivity contribution >= 4 is 29.1 Å². The van der Waals surface area contributed by atoms with Gasteiger partial charge in [0.25, 0.3) is 0 Å². The first-order valence-electron chi connectivity index (χ1n) is 6.71. The maximum atomic E-state index is 13.1. The van der Waals surface area contributed by atoms with Crippen LogP contribution < -0.4 is 0 Å². The number of carboxylic acids is 2. The smallest absolute Gasteiger partial charge is 0.333 e. The molecule has 0 fully saturated rings. The Labute approximate surface area is 136 Å². The lowest BCUT2D eigenvalue weighted by atomic mass is 9.63. The van der Waals surface area contributed by atoms with Crippen LogP contribution in [0.2, 0.25) is 0 Å². The van der Waals surface area contributed by atoms with Gasteiger partial charge in [0.1, 0.15) is 11.2 Å². The lowest BCUT2D eigenvalue weighted by molar-refractivity contribution is -0.150. The predicted molar refractivity (Wildman–Crippen MR) is 81.2 cm³/mol. The molecule has 0 saturated heterocycles. The Morgan fingerprint density at radius 1 is 1.26 bits per heavy atom. The second-order valence-electron chi connectivity index (χ2n) is 5.29. The van der Waals surface area contributed by atoms with Gasteiger partial charge in [-0.2, -0.15) is 0 Å². The second-order valence-corrected chi connectivity index (χ2v) is 5.70. The average Bonchev–Trinajstić information content (AvgIpc) is 2.47. The van der Waals surface area contributed by atoms with Gasteiger partial charge in [-0.3, -0.25) is 4.79 Å². The molecule has 23 heavy (non-hydrogen) atoms. The van der Waals surface area contributed by atoms with Gasteiger partial charge >= 0.3 is 11.9 Å². The van der Waals surface area contributed by atoms with Gasteiger partial charge in [-0.15, -0.1) is 0 Å². The Hall–Kier alpha value is -2.18. The Balaban J connectivity index is 2.77. The lowest BCUT2D eigenvalue weighted by Gasteiger charge is -2.39. The molecule has 1 aliphatic rings. The molecule has 0 saturated carbocycles. The van der Waals surface area contributed by atoms with Crippen LogP contribution in [0.1, 0.15) is 12.5 Å². The van der Waals surface area contributed by atoms with E-state index in [0.29, 0.717) is 5.56 Å². The highest BCUT2D eigenvalue weighted by molar-refractivity contribution is 6.34. The number of aliphatic hydroxyl groups is 1. The third-order valence-electron chi connectivity index (χ3n) is 4.20. The van der Waals surface area contributed by atoms with Gasteiger partial charge in [-0.1, -0.05) is 30.7 Å². The second kappa shape index (κ2) is 6.14. The molecule has 2 unspecified atom stereocenters. The highest BCUT2D eigenvalue weighted by Crippen LogP contribution is 2.50. The fourth-order valence-corrected chi connectivity index (χ4v) is 3.22. The van der Waals surface area contributed by atoms with Crippen molar-refractivity contribution in [1.82, 2.24) is 0 Å². The third kappa shape index (κ3) is 2.64. The van der Waals surface area contributed by atoms with E-state index in [-0.39, 0.29) is 16.2 Å². The molecule has 7 heteroatoms. The first kappa shape index (κ1) is 17.2. The lowest BCUT2D eigenvalue weighted by Crippen LogP contribution is -2.45. The van der Waals surface area contributed by atoms with E-state index >= 15 is 0 Å². The molecule has 1 aromatic rings. The first-order valence-corrected chi connectivity index (χ1v) is 7.08. The fourth-order valence-electron chi connectivity index (χ4n) is 2.87. The number of hydrogen-bond donors (Lipinski definition) is 3. The molecule has 0 heterocycles. The molecule has 1 aromatic carbocycles. The summed E-state index contributed by atoms with van der Waals surface area (Å²) in [5.41, 5.74) is -1.69. The highest BCUT2D eigenvalue weighted by atomic mass is 35.5. The molecule has 2 rings (SSSR count). The number of rotatable bonds is 4. The van der Waals surface area contributed by atoms with Crippen LogP contribution >= 0.6 is 11.6 Å². The van der Waals surface area contributed by atoms with Crippen LogP contribution in [0.4, 0.5) is 4.39 Å². The number of halogens is 2. The van der Waals surface area contributed by atoms with Crippen molar-refractivity contribution in [3.63, 3.8) is 0 Å². The van der Waals surface area contributed by atoms with Crippen LogP contribution in [0.5, 0.6) is 0 Å². The standard InChI is InChI=1S/C16H14ClFO5/c1-8-13(14(20)21)12(17)6-11(16(8,7-19)15(22)23)9-2-4-10(18)5-3-9/h2-6,8,19H,7H2,1H3,(H,20,21)(H,22,23). The summed E-state index contributed by atoms with van der Waals surface area (Å²) in [4.78, 5) is 23.3. The summed E-state index contributed by atoms with van der Waals surface area (Å²) >= 11 is 6.01. The van der Waals surface area contributed by atoms with Crippen LogP contribution in [0, 0.1) is 17.2 Å². The molecule has 0 spiro atoms. The molecule has 0 radical (unpaired) electrons. The summed E-state index contributed by atoms with van der Waals surface area (Å²) in [7, 11) is 0. The van der Waals surface area contributed by atoms with E-state index in [1.54, 1.807) is 0 Å². The molecule has 0 amide bonds. The van der Waals surface area contributed by atoms with Crippen LogP contribution in [0.25, 0.3) is 5.57 Å². The summed E-state index contributed by atoms with van der Waals surface area (Å²) in [5.74, 6) is -4.32. The third-order valence-corrected chi connectivity index (χ3v) is 4.51. The summed E-state index contributed by atoms with van der Waals surface area (Å²) in [6, 6.07) is 5.01.